The van der Waals surface area contributed by atoms with Gasteiger partial charge in [0.1, 0.15) is 0 Å². The zero-order chi connectivity index (χ0) is 5.70. The van der Waals surface area contributed by atoms with Crippen molar-refractivity contribution in [2.75, 3.05) is 6.61 Å². The Morgan fingerprint density at radius 1 is 1.88 bits per heavy atom. The molecule has 0 saturated carbocycles. The Labute approximate surface area is 50.2 Å². The smallest absolute Gasteiger partial charge is 0.330 e. The molecule has 0 heterocycles. The van der Waals surface area contributed by atoms with Crippen LogP contribution in [-0.2, 0) is 9.53 Å². The highest BCUT2D eigenvalue weighted by Gasteiger charge is 1.86. The number of hydrogen-bond acceptors (Lipinski definition) is 2. The molecule has 0 aromatic heterocycles. The first-order chi connectivity index (χ1) is 3.31. The Morgan fingerprint density at radius 3 is 2.50 bits per heavy atom. The van der Waals surface area contributed by atoms with Crippen LogP contribution in [0.5, 0.6) is 0 Å². The van der Waals surface area contributed by atoms with E-state index in [0.717, 1.165) is 6.08 Å². The van der Waals surface area contributed by atoms with Gasteiger partial charge in [0, 0.05) is 6.08 Å². The lowest BCUT2D eigenvalue weighted by Crippen LogP contribution is -1.97. The average molecular weight is 115 g/mol. The summed E-state index contributed by atoms with van der Waals surface area (Å²) in [6.07, 6.45) is 1.14. The first-order valence-corrected chi connectivity index (χ1v) is 2.10. The third kappa shape index (κ3) is 5.21. The molecule has 8 heavy (non-hydrogen) atoms. The summed E-state index contributed by atoms with van der Waals surface area (Å²) in [5.74, 6) is -0.359. The zero-order valence-corrected chi connectivity index (χ0v) is 5.31. The lowest BCUT2D eigenvalue weighted by molar-refractivity contribution is -0.137. The van der Waals surface area contributed by atoms with Crippen molar-refractivity contribution in [1.29, 1.82) is 0 Å². The molecule has 0 bridgehead atoms. The van der Waals surface area contributed by atoms with Crippen molar-refractivity contribution in [2.45, 2.75) is 6.92 Å². The highest BCUT2D eigenvalue weighted by Crippen LogP contribution is 1.74. The molecule has 2 nitrogen and oxygen atoms in total. The predicted octanol–water partition coefficient (Wildman–Crippen LogP) is 1.19. The summed E-state index contributed by atoms with van der Waals surface area (Å²) in [6, 6.07) is 0. The van der Waals surface area contributed by atoms with Crippen LogP contribution in [0.2, 0.25) is 0 Å². The summed E-state index contributed by atoms with van der Waals surface area (Å²) in [4.78, 5) is 10.1. The highest BCUT2D eigenvalue weighted by molar-refractivity contribution is 5.81. The number of hydrogen-bond donors (Lipinski definition) is 0. The molecule has 2 heteroatoms. The van der Waals surface area contributed by atoms with Crippen LogP contribution in [0.15, 0.2) is 12.7 Å². The molecule has 0 aromatic carbocycles. The topological polar surface area (TPSA) is 26.3 Å². The average Bonchev–Trinajstić information content (AvgIpc) is 1.68. The van der Waals surface area contributed by atoms with Crippen LogP contribution in [0.25, 0.3) is 0 Å². The van der Waals surface area contributed by atoms with Crippen LogP contribution in [0, 0.1) is 7.43 Å². The maximum Gasteiger partial charge on any atom is 0.330 e. The molecule has 0 aliphatic rings. The Balaban J connectivity index is 0. The minimum absolute atomic E-state index is 0. The molecule has 0 amide bonds. The second kappa shape index (κ2) is 6.21. The Bertz CT molecular complexity index is 76.6. The van der Waals surface area contributed by atoms with Crippen LogP contribution in [-0.4, -0.2) is 12.6 Å². The molecule has 0 unspecified atom stereocenters. The van der Waals surface area contributed by atoms with Crippen LogP contribution in [0.3, 0.4) is 0 Å². The summed E-state index contributed by atoms with van der Waals surface area (Å²) >= 11 is 0. The third-order valence-electron chi connectivity index (χ3n) is 0.453. The van der Waals surface area contributed by atoms with Crippen molar-refractivity contribution in [3.63, 3.8) is 0 Å². The summed E-state index contributed by atoms with van der Waals surface area (Å²) in [7, 11) is 0. The van der Waals surface area contributed by atoms with Gasteiger partial charge in [-0.05, 0) is 6.92 Å². The van der Waals surface area contributed by atoms with Gasteiger partial charge < -0.3 is 4.74 Å². The Hall–Kier alpha value is -0.790. The van der Waals surface area contributed by atoms with Gasteiger partial charge in [0.2, 0.25) is 0 Å². The first kappa shape index (κ1) is 10.2. The maximum absolute atomic E-state index is 10.1. The van der Waals surface area contributed by atoms with Gasteiger partial charge in [0.15, 0.2) is 0 Å². The van der Waals surface area contributed by atoms with Gasteiger partial charge in [-0.3, -0.25) is 0 Å². The molecule has 1 radical (unpaired) electrons. The monoisotopic (exact) mass is 115 g/mol. The van der Waals surface area contributed by atoms with E-state index in [2.05, 4.69) is 11.3 Å². The quantitative estimate of drug-likeness (QED) is 0.399. The van der Waals surface area contributed by atoms with Gasteiger partial charge >= 0.3 is 5.97 Å². The molecule has 0 atom stereocenters. The van der Waals surface area contributed by atoms with Crippen molar-refractivity contribution < 1.29 is 9.53 Å². The molecule has 0 aromatic rings. The normalized spacial score (nSPS) is 6.62. The number of carbonyl (C=O) groups is 1. The van der Waals surface area contributed by atoms with Gasteiger partial charge in [0.05, 0.1) is 6.61 Å². The molecule has 0 rings (SSSR count). The lowest BCUT2D eigenvalue weighted by Gasteiger charge is -1.90. The molecule has 0 aliphatic heterocycles. The van der Waals surface area contributed by atoms with Crippen molar-refractivity contribution in [1.82, 2.24) is 0 Å². The van der Waals surface area contributed by atoms with E-state index in [0.29, 0.717) is 6.61 Å². The second-order valence-corrected chi connectivity index (χ2v) is 0.956. The van der Waals surface area contributed by atoms with E-state index >= 15 is 0 Å². The van der Waals surface area contributed by atoms with E-state index in [4.69, 9.17) is 0 Å². The van der Waals surface area contributed by atoms with Gasteiger partial charge in [-0.2, -0.15) is 0 Å². The molecule has 0 saturated heterocycles. The van der Waals surface area contributed by atoms with Gasteiger partial charge in [0.25, 0.3) is 0 Å². The van der Waals surface area contributed by atoms with E-state index in [-0.39, 0.29) is 13.4 Å². The Morgan fingerprint density at radius 2 is 2.38 bits per heavy atom. The predicted molar refractivity (Wildman–Crippen MR) is 33.2 cm³/mol. The van der Waals surface area contributed by atoms with Crippen molar-refractivity contribution in [3.05, 3.63) is 20.1 Å². The maximum atomic E-state index is 10.1. The van der Waals surface area contributed by atoms with Gasteiger partial charge in [-0.25, -0.2) is 4.79 Å². The van der Waals surface area contributed by atoms with Gasteiger partial charge in [-0.15, -0.1) is 0 Å². The molecular weight excluding hydrogens is 104 g/mol. The van der Waals surface area contributed by atoms with Crippen molar-refractivity contribution in [3.8, 4) is 0 Å². The van der Waals surface area contributed by atoms with E-state index in [1.165, 1.54) is 0 Å². The molecular formula is C6H11O2. The molecule has 47 valence electrons. The van der Waals surface area contributed by atoms with Crippen molar-refractivity contribution in [2.24, 2.45) is 0 Å². The largest absolute Gasteiger partial charge is 0.463 e. The number of ether oxygens (including phenoxy) is 1. The minimum atomic E-state index is -0.359. The van der Waals surface area contributed by atoms with E-state index in [1.807, 2.05) is 0 Å². The van der Waals surface area contributed by atoms with Crippen LogP contribution in [0.4, 0.5) is 0 Å². The highest BCUT2D eigenvalue weighted by atomic mass is 16.5. The number of carbonyl (C=O) groups excluding carboxylic acids is 1. The van der Waals surface area contributed by atoms with E-state index < -0.39 is 0 Å². The molecule has 0 fully saturated rings. The number of esters is 1. The van der Waals surface area contributed by atoms with Crippen LogP contribution >= 0.6 is 0 Å². The summed E-state index contributed by atoms with van der Waals surface area (Å²) in [5, 5.41) is 0. The fourth-order valence-electron chi connectivity index (χ4n) is 0.201. The molecule has 0 aliphatic carbocycles. The first-order valence-electron chi connectivity index (χ1n) is 2.10. The SMILES string of the molecule is C=CC(=O)OCC.[CH3]. The minimum Gasteiger partial charge on any atom is -0.463 e. The van der Waals surface area contributed by atoms with Crippen LogP contribution < -0.4 is 0 Å². The lowest BCUT2D eigenvalue weighted by atomic mass is 10.6. The summed E-state index contributed by atoms with van der Waals surface area (Å²) in [6.45, 7) is 5.38. The Kier molecular flexibility index (Phi) is 7.95. The van der Waals surface area contributed by atoms with Gasteiger partial charge in [-0.1, -0.05) is 14.0 Å². The molecule has 0 N–H and O–H groups in total. The zero-order valence-electron chi connectivity index (χ0n) is 5.31. The molecule has 0 spiro atoms. The number of rotatable bonds is 2. The standard InChI is InChI=1S/C5H8O2.CH3/c1-3-5(6)7-4-2;/h3H,1,4H2,2H3;1H3. The fourth-order valence-corrected chi connectivity index (χ4v) is 0.201. The van der Waals surface area contributed by atoms with Crippen LogP contribution in [0.1, 0.15) is 6.92 Å². The summed E-state index contributed by atoms with van der Waals surface area (Å²) < 4.78 is 4.43. The van der Waals surface area contributed by atoms with E-state index in [1.54, 1.807) is 6.92 Å². The second-order valence-electron chi connectivity index (χ2n) is 0.956. The van der Waals surface area contributed by atoms with E-state index in [9.17, 15) is 4.79 Å². The third-order valence-corrected chi connectivity index (χ3v) is 0.453. The van der Waals surface area contributed by atoms with Crippen molar-refractivity contribution >= 4 is 5.97 Å². The fraction of sp³-hybridized carbons (Fsp3) is 0.333. The summed E-state index contributed by atoms with van der Waals surface area (Å²) in [5.41, 5.74) is 0.